The van der Waals surface area contributed by atoms with Crippen LogP contribution in [0.5, 0.6) is 0 Å². The SMILES string of the molecule is CCOC(=O)CC1CCCNC1.CCOC(=O)C[C@@H]1CCCNC1.O=C(O)[C@H](O)c1ccccc1. The number of piperidine rings is 2. The molecule has 0 aliphatic carbocycles. The van der Waals surface area contributed by atoms with Gasteiger partial charge in [-0.2, -0.15) is 0 Å². The van der Waals surface area contributed by atoms with E-state index in [-0.39, 0.29) is 11.9 Å². The van der Waals surface area contributed by atoms with Crippen molar-refractivity contribution < 1.29 is 34.1 Å². The first-order valence-electron chi connectivity index (χ1n) is 12.6. The standard InChI is InChI=1S/2C9H17NO2.C8H8O3/c2*1-2-12-9(11)6-8-4-3-5-10-7-8;9-7(8(10)11)6-4-2-1-3-5-6/h2*8,10H,2-7H2,1H3;1-5,7,9H,(H,10,11)/t8-;;7-/m0.1/s1. The van der Waals surface area contributed by atoms with Crippen LogP contribution in [-0.2, 0) is 23.9 Å². The highest BCUT2D eigenvalue weighted by molar-refractivity contribution is 5.73. The van der Waals surface area contributed by atoms with E-state index in [0.29, 0.717) is 43.5 Å². The first-order valence-corrected chi connectivity index (χ1v) is 12.6. The number of aliphatic carboxylic acids is 1. The summed E-state index contributed by atoms with van der Waals surface area (Å²) in [7, 11) is 0. The highest BCUT2D eigenvalue weighted by atomic mass is 16.5. The second kappa shape index (κ2) is 18.8. The highest BCUT2D eigenvalue weighted by Crippen LogP contribution is 2.15. The molecule has 0 bridgehead atoms. The van der Waals surface area contributed by atoms with Gasteiger partial charge in [0.15, 0.2) is 6.10 Å². The number of ether oxygens (including phenoxy) is 2. The minimum atomic E-state index is -1.41. The van der Waals surface area contributed by atoms with Crippen LogP contribution in [0.15, 0.2) is 30.3 Å². The molecule has 4 N–H and O–H groups in total. The fourth-order valence-electron chi connectivity index (χ4n) is 3.89. The number of carboxylic acid groups (broad SMARTS) is 1. The summed E-state index contributed by atoms with van der Waals surface area (Å²) in [5.74, 6) is -0.329. The van der Waals surface area contributed by atoms with Gasteiger partial charge in [0.25, 0.3) is 0 Å². The van der Waals surface area contributed by atoms with E-state index in [2.05, 4.69) is 10.6 Å². The fraction of sp³-hybridized carbons (Fsp3) is 0.654. The third kappa shape index (κ3) is 14.5. The minimum absolute atomic E-state index is 0.0498. The van der Waals surface area contributed by atoms with Crippen molar-refractivity contribution in [2.24, 2.45) is 11.8 Å². The summed E-state index contributed by atoms with van der Waals surface area (Å²) in [4.78, 5) is 32.4. The Bertz CT molecular complexity index is 684. The number of benzene rings is 1. The van der Waals surface area contributed by atoms with Crippen molar-refractivity contribution in [3.05, 3.63) is 35.9 Å². The zero-order chi connectivity index (χ0) is 25.9. The Balaban J connectivity index is 0.000000263. The van der Waals surface area contributed by atoms with Crippen molar-refractivity contribution >= 4 is 17.9 Å². The third-order valence-corrected chi connectivity index (χ3v) is 5.67. The zero-order valence-corrected chi connectivity index (χ0v) is 21.0. The summed E-state index contributed by atoms with van der Waals surface area (Å²) in [6, 6.07) is 8.26. The monoisotopic (exact) mass is 494 g/mol. The molecule has 0 amide bonds. The lowest BCUT2D eigenvalue weighted by Gasteiger charge is -2.21. The summed E-state index contributed by atoms with van der Waals surface area (Å²) < 4.78 is 9.76. The molecule has 2 fully saturated rings. The number of hydrogen-bond donors (Lipinski definition) is 4. The summed E-state index contributed by atoms with van der Waals surface area (Å²) in [5.41, 5.74) is 0.403. The number of carboxylic acids is 1. The summed E-state index contributed by atoms with van der Waals surface area (Å²) in [5, 5.41) is 23.9. The number of carbonyl (C=O) groups is 3. The topological polar surface area (TPSA) is 134 Å². The Morgan fingerprint density at radius 2 is 1.34 bits per heavy atom. The van der Waals surface area contributed by atoms with Gasteiger partial charge in [0.05, 0.1) is 13.2 Å². The van der Waals surface area contributed by atoms with Crippen LogP contribution >= 0.6 is 0 Å². The largest absolute Gasteiger partial charge is 0.479 e. The van der Waals surface area contributed by atoms with E-state index in [1.54, 1.807) is 30.3 Å². The van der Waals surface area contributed by atoms with Gasteiger partial charge in [-0.05, 0) is 83.1 Å². The summed E-state index contributed by atoms with van der Waals surface area (Å²) in [6.07, 6.45) is 4.45. The quantitative estimate of drug-likeness (QED) is 0.402. The number of aliphatic hydroxyl groups excluding tert-OH is 1. The Labute approximate surface area is 208 Å². The molecule has 2 saturated heterocycles. The van der Waals surface area contributed by atoms with Gasteiger partial charge in [-0.15, -0.1) is 0 Å². The van der Waals surface area contributed by atoms with E-state index < -0.39 is 12.1 Å². The average Bonchev–Trinajstić information content (AvgIpc) is 2.86. The van der Waals surface area contributed by atoms with Gasteiger partial charge >= 0.3 is 17.9 Å². The number of esters is 2. The molecule has 35 heavy (non-hydrogen) atoms. The molecule has 1 aromatic rings. The van der Waals surface area contributed by atoms with Crippen molar-refractivity contribution in [2.45, 2.75) is 58.5 Å². The van der Waals surface area contributed by atoms with Crippen LogP contribution in [0.3, 0.4) is 0 Å². The average molecular weight is 495 g/mol. The van der Waals surface area contributed by atoms with Crippen LogP contribution in [0.1, 0.15) is 64.0 Å². The Kier molecular flexibility index (Phi) is 16.4. The predicted octanol–water partition coefficient (Wildman–Crippen LogP) is 2.68. The van der Waals surface area contributed by atoms with Gasteiger partial charge in [0, 0.05) is 12.8 Å². The second-order valence-electron chi connectivity index (χ2n) is 8.59. The Morgan fingerprint density at radius 1 is 0.886 bits per heavy atom. The number of nitrogens with one attached hydrogen (secondary N) is 2. The first-order chi connectivity index (χ1) is 16.9. The lowest BCUT2D eigenvalue weighted by Crippen LogP contribution is -2.31. The van der Waals surface area contributed by atoms with Crippen molar-refractivity contribution in [3.8, 4) is 0 Å². The Morgan fingerprint density at radius 3 is 1.69 bits per heavy atom. The predicted molar refractivity (Wildman–Crippen MR) is 133 cm³/mol. The molecule has 0 spiro atoms. The molecule has 9 heteroatoms. The van der Waals surface area contributed by atoms with Gasteiger partial charge in [0.1, 0.15) is 0 Å². The van der Waals surface area contributed by atoms with E-state index in [1.807, 2.05) is 13.8 Å². The lowest BCUT2D eigenvalue weighted by molar-refractivity contribution is -0.147. The molecule has 0 saturated carbocycles. The van der Waals surface area contributed by atoms with Crippen LogP contribution in [0.2, 0.25) is 0 Å². The van der Waals surface area contributed by atoms with E-state index in [1.165, 1.54) is 12.8 Å². The van der Waals surface area contributed by atoms with Gasteiger partial charge in [-0.3, -0.25) is 9.59 Å². The number of rotatable bonds is 8. The van der Waals surface area contributed by atoms with E-state index in [0.717, 1.165) is 39.0 Å². The van der Waals surface area contributed by atoms with Crippen LogP contribution in [-0.4, -0.2) is 67.5 Å². The van der Waals surface area contributed by atoms with Gasteiger partial charge in [-0.1, -0.05) is 30.3 Å². The molecule has 9 nitrogen and oxygen atoms in total. The van der Waals surface area contributed by atoms with Crippen LogP contribution in [0, 0.1) is 11.8 Å². The van der Waals surface area contributed by atoms with E-state index in [4.69, 9.17) is 19.7 Å². The minimum Gasteiger partial charge on any atom is -0.479 e. The second-order valence-corrected chi connectivity index (χ2v) is 8.59. The fourth-order valence-corrected chi connectivity index (χ4v) is 3.89. The summed E-state index contributed by atoms with van der Waals surface area (Å²) in [6.45, 7) is 8.82. The molecule has 0 radical (unpaired) electrons. The molecule has 3 rings (SSSR count). The van der Waals surface area contributed by atoms with Crippen molar-refractivity contribution in [2.75, 3.05) is 39.4 Å². The molecule has 1 aromatic carbocycles. The van der Waals surface area contributed by atoms with Gasteiger partial charge in [-0.25, -0.2) is 4.79 Å². The normalized spacial score (nSPS) is 20.1. The lowest BCUT2D eigenvalue weighted by atomic mass is 9.96. The smallest absolute Gasteiger partial charge is 0.337 e. The molecule has 198 valence electrons. The molecule has 3 atom stereocenters. The van der Waals surface area contributed by atoms with E-state index in [9.17, 15) is 14.4 Å². The maximum absolute atomic E-state index is 11.1. The highest BCUT2D eigenvalue weighted by Gasteiger charge is 2.18. The molecule has 0 aromatic heterocycles. The van der Waals surface area contributed by atoms with Crippen molar-refractivity contribution in [3.63, 3.8) is 0 Å². The molecule has 1 unspecified atom stereocenters. The number of hydrogen-bond acceptors (Lipinski definition) is 8. The van der Waals surface area contributed by atoms with Crippen molar-refractivity contribution in [1.29, 1.82) is 0 Å². The van der Waals surface area contributed by atoms with Crippen LogP contribution in [0.4, 0.5) is 0 Å². The molecule has 2 heterocycles. The molecule has 2 aliphatic rings. The molecule has 2 aliphatic heterocycles. The summed E-state index contributed by atoms with van der Waals surface area (Å²) >= 11 is 0. The van der Waals surface area contributed by atoms with E-state index >= 15 is 0 Å². The Hall–Kier alpha value is -2.49. The van der Waals surface area contributed by atoms with Gasteiger partial charge in [0.2, 0.25) is 0 Å². The van der Waals surface area contributed by atoms with Gasteiger partial charge < -0.3 is 30.3 Å². The molecular weight excluding hydrogens is 452 g/mol. The maximum atomic E-state index is 11.1. The van der Waals surface area contributed by atoms with Crippen LogP contribution in [0.25, 0.3) is 0 Å². The first kappa shape index (κ1) is 30.5. The van der Waals surface area contributed by atoms with Crippen LogP contribution < -0.4 is 10.6 Å². The number of aliphatic hydroxyl groups is 1. The zero-order valence-electron chi connectivity index (χ0n) is 21.0. The van der Waals surface area contributed by atoms with Crippen molar-refractivity contribution in [1.82, 2.24) is 10.6 Å². The maximum Gasteiger partial charge on any atom is 0.337 e. The number of carbonyl (C=O) groups excluding carboxylic acids is 2. The molecular formula is C26H42N2O7. The third-order valence-electron chi connectivity index (χ3n) is 5.67.